The smallest absolute Gasteiger partial charge is 0.352 e. The predicted molar refractivity (Wildman–Crippen MR) is 124 cm³/mol. The number of esters is 1. The second-order valence-corrected chi connectivity index (χ2v) is 8.62. The molecule has 0 aliphatic heterocycles. The van der Waals surface area contributed by atoms with Gasteiger partial charge >= 0.3 is 5.97 Å². The van der Waals surface area contributed by atoms with Crippen LogP contribution in [0.15, 0.2) is 66.6 Å². The van der Waals surface area contributed by atoms with Gasteiger partial charge in [0.25, 0.3) is 0 Å². The Balaban J connectivity index is 1.80. The number of thiophene rings is 1. The summed E-state index contributed by atoms with van der Waals surface area (Å²) >= 11 is 1.58. The molecule has 1 unspecified atom stereocenters. The summed E-state index contributed by atoms with van der Waals surface area (Å²) in [6, 6.07) is 17.4. The van der Waals surface area contributed by atoms with Gasteiger partial charge < -0.3 is 9.47 Å². The maximum Gasteiger partial charge on any atom is 0.352 e. The van der Waals surface area contributed by atoms with E-state index in [1.165, 1.54) is 6.08 Å². The van der Waals surface area contributed by atoms with Crippen molar-refractivity contribution < 1.29 is 14.3 Å². The molecular formula is C26H24N2O3S. The summed E-state index contributed by atoms with van der Waals surface area (Å²) < 4.78 is 11.5. The zero-order chi connectivity index (χ0) is 22.3. The lowest BCUT2D eigenvalue weighted by Crippen LogP contribution is -2.22. The molecule has 6 heteroatoms. The number of carbonyl (C=O) groups excluding carboxylic acids is 1. The van der Waals surface area contributed by atoms with Crippen molar-refractivity contribution in [1.82, 2.24) is 4.98 Å². The molecule has 162 valence electrons. The van der Waals surface area contributed by atoms with Crippen LogP contribution < -0.4 is 4.74 Å². The number of hydrogen-bond donors (Lipinski definition) is 0. The second-order valence-electron chi connectivity index (χ2n) is 7.67. The molecule has 5 nitrogen and oxygen atoms in total. The van der Waals surface area contributed by atoms with Gasteiger partial charge in [0.2, 0.25) is 12.0 Å². The normalized spacial score (nSPS) is 14.5. The Bertz CT molecular complexity index is 1110. The molecule has 1 fully saturated rings. The number of ether oxygens (including phenoxy) is 2. The minimum absolute atomic E-state index is 0.0760. The number of nitrogens with zero attached hydrogens (tertiary/aromatic N) is 2. The third kappa shape index (κ3) is 4.74. The summed E-state index contributed by atoms with van der Waals surface area (Å²) in [4.78, 5) is 18.5. The van der Waals surface area contributed by atoms with Gasteiger partial charge in [-0.15, -0.1) is 11.3 Å². The Morgan fingerprint density at radius 3 is 2.69 bits per heavy atom. The van der Waals surface area contributed by atoms with Crippen LogP contribution in [0.5, 0.6) is 5.88 Å². The highest BCUT2D eigenvalue weighted by Crippen LogP contribution is 2.41. The molecule has 32 heavy (non-hydrogen) atoms. The van der Waals surface area contributed by atoms with Crippen molar-refractivity contribution in [1.29, 1.82) is 5.26 Å². The molecule has 1 atom stereocenters. The van der Waals surface area contributed by atoms with Crippen LogP contribution >= 0.6 is 11.3 Å². The topological polar surface area (TPSA) is 72.2 Å². The maximum atomic E-state index is 12.9. The lowest BCUT2D eigenvalue weighted by Gasteiger charge is -2.21. The van der Waals surface area contributed by atoms with Crippen molar-refractivity contribution in [2.45, 2.75) is 37.7 Å². The van der Waals surface area contributed by atoms with Crippen LogP contribution in [-0.4, -0.2) is 17.6 Å². The molecule has 1 aromatic carbocycles. The van der Waals surface area contributed by atoms with Gasteiger partial charge in [0.15, 0.2) is 0 Å². The summed E-state index contributed by atoms with van der Waals surface area (Å²) in [6.07, 6.45) is 4.82. The molecular weight excluding hydrogens is 420 g/mol. The lowest BCUT2D eigenvalue weighted by atomic mass is 9.93. The van der Waals surface area contributed by atoms with Crippen molar-refractivity contribution in [3.05, 3.63) is 83.3 Å². The van der Waals surface area contributed by atoms with Crippen molar-refractivity contribution in [2.75, 3.05) is 6.61 Å². The number of pyridine rings is 1. The molecule has 0 bridgehead atoms. The van der Waals surface area contributed by atoms with Crippen LogP contribution in [0.25, 0.3) is 10.6 Å². The summed E-state index contributed by atoms with van der Waals surface area (Å²) in [5, 5.41) is 12.0. The van der Waals surface area contributed by atoms with Crippen LogP contribution in [0.4, 0.5) is 0 Å². The Hall–Kier alpha value is -3.43. The lowest BCUT2D eigenvalue weighted by molar-refractivity contribution is -0.151. The molecule has 0 spiro atoms. The second kappa shape index (κ2) is 10.3. The van der Waals surface area contributed by atoms with Gasteiger partial charge in [-0.05, 0) is 41.8 Å². The molecule has 1 aliphatic rings. The molecule has 1 saturated carbocycles. The highest BCUT2D eigenvalue weighted by Gasteiger charge is 2.29. The van der Waals surface area contributed by atoms with E-state index in [4.69, 9.17) is 9.47 Å². The fraction of sp³-hybridized carbons (Fsp3) is 0.269. The Morgan fingerprint density at radius 1 is 1.25 bits per heavy atom. The molecule has 0 saturated heterocycles. The van der Waals surface area contributed by atoms with E-state index in [1.54, 1.807) is 23.5 Å². The SMILES string of the molecule is C=CCOC(=O)C(Oc1nc(-c2cccs2)cc(C2CCCC2)c1C#N)c1ccccc1. The average Bonchev–Trinajstić information content (AvgIpc) is 3.55. The van der Waals surface area contributed by atoms with E-state index in [9.17, 15) is 10.1 Å². The first-order chi connectivity index (χ1) is 15.7. The summed E-state index contributed by atoms with van der Waals surface area (Å²) in [5.41, 5.74) is 2.73. The van der Waals surface area contributed by atoms with E-state index in [1.807, 2.05) is 41.8 Å². The number of rotatable bonds is 8. The number of hydrogen-bond acceptors (Lipinski definition) is 6. The third-order valence-electron chi connectivity index (χ3n) is 5.59. The molecule has 2 heterocycles. The highest BCUT2D eigenvalue weighted by molar-refractivity contribution is 7.13. The molecule has 2 aromatic heterocycles. The van der Waals surface area contributed by atoms with Crippen LogP contribution in [-0.2, 0) is 9.53 Å². The first kappa shape index (κ1) is 21.8. The summed E-state index contributed by atoms with van der Waals surface area (Å²) in [6.45, 7) is 3.68. The van der Waals surface area contributed by atoms with Gasteiger partial charge in [0.05, 0.1) is 10.6 Å². The van der Waals surface area contributed by atoms with Crippen LogP contribution in [0.3, 0.4) is 0 Å². The van der Waals surface area contributed by atoms with E-state index < -0.39 is 12.1 Å². The monoisotopic (exact) mass is 444 g/mol. The first-order valence-corrected chi connectivity index (χ1v) is 11.6. The van der Waals surface area contributed by atoms with Crippen molar-refractivity contribution in [3.63, 3.8) is 0 Å². The van der Waals surface area contributed by atoms with Crippen molar-refractivity contribution >= 4 is 17.3 Å². The number of carbonyl (C=O) groups is 1. The van der Waals surface area contributed by atoms with Gasteiger partial charge in [-0.25, -0.2) is 9.78 Å². The molecule has 1 aliphatic carbocycles. The fourth-order valence-corrected chi connectivity index (χ4v) is 4.74. The van der Waals surface area contributed by atoms with E-state index >= 15 is 0 Å². The average molecular weight is 445 g/mol. The minimum atomic E-state index is -1.04. The molecule has 3 aromatic rings. The van der Waals surface area contributed by atoms with Crippen LogP contribution in [0, 0.1) is 11.3 Å². The number of benzene rings is 1. The molecule has 0 N–H and O–H groups in total. The minimum Gasteiger partial charge on any atom is -0.458 e. The standard InChI is InChI=1S/C26H24N2O3S/c1-2-14-30-26(29)24(19-11-4-3-5-12-19)31-25-21(17-27)20(18-9-6-7-10-18)16-22(28-25)23-13-8-15-32-23/h2-5,8,11-13,15-16,18,24H,1,6-7,9-10,14H2. The predicted octanol–water partition coefficient (Wildman–Crippen LogP) is 6.19. The van der Waals surface area contributed by atoms with Gasteiger partial charge in [-0.2, -0.15) is 5.26 Å². The third-order valence-corrected chi connectivity index (χ3v) is 6.48. The van der Waals surface area contributed by atoms with E-state index in [0.717, 1.165) is 41.8 Å². The van der Waals surface area contributed by atoms with Gasteiger partial charge in [0, 0.05) is 5.56 Å². The van der Waals surface area contributed by atoms with Crippen molar-refractivity contribution in [2.24, 2.45) is 0 Å². The summed E-state index contributed by atoms with van der Waals surface area (Å²) in [7, 11) is 0. The molecule has 0 radical (unpaired) electrons. The van der Waals surface area contributed by atoms with Gasteiger partial charge in [-0.1, -0.05) is 61.9 Å². The Kier molecular flexibility index (Phi) is 6.98. The quantitative estimate of drug-likeness (QED) is 0.306. The first-order valence-electron chi connectivity index (χ1n) is 10.7. The van der Waals surface area contributed by atoms with E-state index in [-0.39, 0.29) is 18.4 Å². The number of nitriles is 1. The van der Waals surface area contributed by atoms with Gasteiger partial charge in [-0.3, -0.25) is 0 Å². The largest absolute Gasteiger partial charge is 0.458 e. The zero-order valence-corrected chi connectivity index (χ0v) is 18.5. The molecule has 4 rings (SSSR count). The molecule has 0 amide bonds. The highest BCUT2D eigenvalue weighted by atomic mass is 32.1. The Labute approximate surface area is 192 Å². The number of aromatic nitrogens is 1. The van der Waals surface area contributed by atoms with Crippen LogP contribution in [0.1, 0.15) is 54.4 Å². The van der Waals surface area contributed by atoms with Gasteiger partial charge in [0.1, 0.15) is 18.2 Å². The van der Waals surface area contributed by atoms with Crippen molar-refractivity contribution in [3.8, 4) is 22.5 Å². The maximum absolute atomic E-state index is 12.9. The van der Waals surface area contributed by atoms with Crippen LogP contribution in [0.2, 0.25) is 0 Å². The van der Waals surface area contributed by atoms with E-state index in [2.05, 4.69) is 17.6 Å². The fourth-order valence-electron chi connectivity index (χ4n) is 4.06. The Morgan fingerprint density at radius 2 is 2.03 bits per heavy atom. The van der Waals surface area contributed by atoms with E-state index in [0.29, 0.717) is 11.1 Å². The summed E-state index contributed by atoms with van der Waals surface area (Å²) in [5.74, 6) is -0.0907. The zero-order valence-electron chi connectivity index (χ0n) is 17.7.